The molecule has 0 spiro atoms. The van der Waals surface area contributed by atoms with E-state index in [9.17, 15) is 9.18 Å². The molecule has 3 aromatic rings. The monoisotopic (exact) mass is 391 g/mol. The van der Waals surface area contributed by atoms with Gasteiger partial charge in [0.1, 0.15) is 5.82 Å². The van der Waals surface area contributed by atoms with Crippen molar-refractivity contribution in [2.75, 3.05) is 11.9 Å². The molecular formula is C24H26FN3O. The molecule has 0 atom stereocenters. The highest BCUT2D eigenvalue weighted by atomic mass is 19.1. The maximum absolute atomic E-state index is 13.5. The SMILES string of the molecule is C=CCN(Cc1cccn1Cc1cccc(F)c1)C(=O)Nc1cccc(CC)c1. The molecule has 2 amide bonds. The van der Waals surface area contributed by atoms with Crippen LogP contribution in [0.4, 0.5) is 14.9 Å². The van der Waals surface area contributed by atoms with Gasteiger partial charge in [-0.05, 0) is 53.9 Å². The average Bonchev–Trinajstić information content (AvgIpc) is 3.14. The van der Waals surface area contributed by atoms with Gasteiger partial charge in [0.05, 0.1) is 6.54 Å². The normalized spacial score (nSPS) is 10.6. The highest BCUT2D eigenvalue weighted by Gasteiger charge is 2.15. The fraction of sp³-hybridized carbons (Fsp3) is 0.208. The van der Waals surface area contributed by atoms with Crippen molar-refractivity contribution in [3.8, 4) is 0 Å². The van der Waals surface area contributed by atoms with Crippen LogP contribution in [0.15, 0.2) is 79.5 Å². The van der Waals surface area contributed by atoms with Crippen molar-refractivity contribution in [3.05, 3.63) is 102 Å². The average molecular weight is 391 g/mol. The van der Waals surface area contributed by atoms with Gasteiger partial charge in [-0.1, -0.05) is 37.3 Å². The van der Waals surface area contributed by atoms with Crippen molar-refractivity contribution in [2.45, 2.75) is 26.4 Å². The number of anilines is 1. The summed E-state index contributed by atoms with van der Waals surface area (Å²) in [5.74, 6) is -0.252. The summed E-state index contributed by atoms with van der Waals surface area (Å²) >= 11 is 0. The van der Waals surface area contributed by atoms with Gasteiger partial charge in [-0.2, -0.15) is 0 Å². The molecule has 4 nitrogen and oxygen atoms in total. The zero-order valence-electron chi connectivity index (χ0n) is 16.6. The fourth-order valence-corrected chi connectivity index (χ4v) is 3.22. The fourth-order valence-electron chi connectivity index (χ4n) is 3.22. The van der Waals surface area contributed by atoms with Gasteiger partial charge >= 0.3 is 6.03 Å². The molecule has 1 aromatic heterocycles. The van der Waals surface area contributed by atoms with Crippen molar-refractivity contribution in [1.29, 1.82) is 0 Å². The molecule has 2 aromatic carbocycles. The largest absolute Gasteiger partial charge is 0.345 e. The van der Waals surface area contributed by atoms with E-state index in [2.05, 4.69) is 18.8 Å². The molecule has 0 aliphatic rings. The van der Waals surface area contributed by atoms with Crippen molar-refractivity contribution in [3.63, 3.8) is 0 Å². The molecule has 0 saturated carbocycles. The summed E-state index contributed by atoms with van der Waals surface area (Å²) in [5, 5.41) is 2.97. The number of halogens is 1. The molecule has 5 heteroatoms. The van der Waals surface area contributed by atoms with Gasteiger partial charge < -0.3 is 14.8 Å². The zero-order valence-corrected chi connectivity index (χ0v) is 16.6. The van der Waals surface area contributed by atoms with Gasteiger partial charge in [-0.3, -0.25) is 0 Å². The van der Waals surface area contributed by atoms with E-state index in [0.29, 0.717) is 19.6 Å². The van der Waals surface area contributed by atoms with Gasteiger partial charge in [0.15, 0.2) is 0 Å². The molecule has 0 radical (unpaired) electrons. The van der Waals surface area contributed by atoms with Crippen LogP contribution in [-0.4, -0.2) is 22.0 Å². The Morgan fingerprint density at radius 2 is 1.93 bits per heavy atom. The summed E-state index contributed by atoms with van der Waals surface area (Å²) in [7, 11) is 0. The van der Waals surface area contributed by atoms with Gasteiger partial charge in [0.2, 0.25) is 0 Å². The summed E-state index contributed by atoms with van der Waals surface area (Å²) in [6.45, 7) is 7.25. The Morgan fingerprint density at radius 1 is 1.14 bits per heavy atom. The van der Waals surface area contributed by atoms with E-state index in [1.54, 1.807) is 17.0 Å². The molecule has 0 aliphatic carbocycles. The number of nitrogens with one attached hydrogen (secondary N) is 1. The molecule has 1 heterocycles. The summed E-state index contributed by atoms with van der Waals surface area (Å²) in [5.41, 5.74) is 3.78. The number of rotatable bonds is 8. The van der Waals surface area contributed by atoms with E-state index in [1.807, 2.05) is 53.2 Å². The number of aromatic nitrogens is 1. The Morgan fingerprint density at radius 3 is 2.69 bits per heavy atom. The van der Waals surface area contributed by atoms with Crippen LogP contribution in [0.2, 0.25) is 0 Å². The smallest absolute Gasteiger partial charge is 0.322 e. The lowest BCUT2D eigenvalue weighted by atomic mass is 10.1. The summed E-state index contributed by atoms with van der Waals surface area (Å²) in [6.07, 6.45) is 4.56. The van der Waals surface area contributed by atoms with Crippen LogP contribution in [0.3, 0.4) is 0 Å². The van der Waals surface area contributed by atoms with Gasteiger partial charge in [-0.15, -0.1) is 6.58 Å². The van der Waals surface area contributed by atoms with Crippen LogP contribution >= 0.6 is 0 Å². The van der Waals surface area contributed by atoms with Gasteiger partial charge in [0.25, 0.3) is 0 Å². The van der Waals surface area contributed by atoms with E-state index in [4.69, 9.17) is 0 Å². The third kappa shape index (κ3) is 5.57. The molecule has 0 fully saturated rings. The van der Waals surface area contributed by atoms with Crippen molar-refractivity contribution < 1.29 is 9.18 Å². The molecule has 0 aliphatic heterocycles. The van der Waals surface area contributed by atoms with E-state index in [0.717, 1.165) is 23.4 Å². The second-order valence-electron chi connectivity index (χ2n) is 6.91. The Kier molecular flexibility index (Phi) is 6.85. The predicted octanol–water partition coefficient (Wildman–Crippen LogP) is 5.46. The number of carbonyl (C=O) groups is 1. The van der Waals surface area contributed by atoms with Crippen LogP contribution < -0.4 is 5.32 Å². The lowest BCUT2D eigenvalue weighted by Gasteiger charge is -2.23. The van der Waals surface area contributed by atoms with Crippen LogP contribution in [0.5, 0.6) is 0 Å². The molecule has 150 valence electrons. The maximum atomic E-state index is 13.5. The topological polar surface area (TPSA) is 37.3 Å². The minimum atomic E-state index is -0.252. The first-order chi connectivity index (χ1) is 14.1. The van der Waals surface area contributed by atoms with E-state index < -0.39 is 0 Å². The predicted molar refractivity (Wildman–Crippen MR) is 115 cm³/mol. The Balaban J connectivity index is 1.72. The molecule has 29 heavy (non-hydrogen) atoms. The second-order valence-corrected chi connectivity index (χ2v) is 6.91. The van der Waals surface area contributed by atoms with Crippen LogP contribution in [0.25, 0.3) is 0 Å². The number of aryl methyl sites for hydroxylation is 1. The number of benzene rings is 2. The quantitative estimate of drug-likeness (QED) is 0.509. The van der Waals surface area contributed by atoms with Gasteiger partial charge in [0, 0.05) is 30.7 Å². The number of carbonyl (C=O) groups excluding carboxylic acids is 1. The van der Waals surface area contributed by atoms with Crippen LogP contribution in [0, 0.1) is 5.82 Å². The Bertz CT molecular complexity index is 980. The van der Waals surface area contributed by atoms with Crippen molar-refractivity contribution >= 4 is 11.7 Å². The highest BCUT2D eigenvalue weighted by Crippen LogP contribution is 2.15. The summed E-state index contributed by atoms with van der Waals surface area (Å²) in [4.78, 5) is 14.5. The first-order valence-corrected chi connectivity index (χ1v) is 9.73. The van der Waals surface area contributed by atoms with E-state index >= 15 is 0 Å². The lowest BCUT2D eigenvalue weighted by molar-refractivity contribution is 0.214. The molecule has 3 rings (SSSR count). The molecule has 0 saturated heterocycles. The molecule has 1 N–H and O–H groups in total. The lowest BCUT2D eigenvalue weighted by Crippen LogP contribution is -2.35. The molecule has 0 bridgehead atoms. The van der Waals surface area contributed by atoms with Crippen molar-refractivity contribution in [2.24, 2.45) is 0 Å². The first-order valence-electron chi connectivity index (χ1n) is 9.73. The Labute approximate surface area is 171 Å². The number of urea groups is 1. The third-order valence-corrected chi connectivity index (χ3v) is 4.74. The van der Waals surface area contributed by atoms with Crippen LogP contribution in [0.1, 0.15) is 23.7 Å². The minimum Gasteiger partial charge on any atom is -0.345 e. The van der Waals surface area contributed by atoms with Gasteiger partial charge in [-0.25, -0.2) is 9.18 Å². The molecule has 0 unspecified atom stereocenters. The Hall–Kier alpha value is -3.34. The minimum absolute atomic E-state index is 0.184. The number of nitrogens with zero attached hydrogens (tertiary/aromatic N) is 2. The highest BCUT2D eigenvalue weighted by molar-refractivity contribution is 5.89. The summed E-state index contributed by atoms with van der Waals surface area (Å²) in [6, 6.07) is 18.1. The second kappa shape index (κ2) is 9.73. The number of amides is 2. The standard InChI is InChI=1S/C24H26FN3O/c1-3-13-28(24(29)26-22-11-6-8-19(4-2)16-22)18-23-12-7-14-27(23)17-20-9-5-10-21(25)15-20/h3,5-12,14-16H,1,4,13,17-18H2,2H3,(H,26,29). The number of hydrogen-bond acceptors (Lipinski definition) is 1. The summed E-state index contributed by atoms with van der Waals surface area (Å²) < 4.78 is 15.5. The molecular weight excluding hydrogens is 365 g/mol. The van der Waals surface area contributed by atoms with Crippen molar-refractivity contribution in [1.82, 2.24) is 9.47 Å². The van der Waals surface area contributed by atoms with E-state index in [1.165, 1.54) is 17.7 Å². The van der Waals surface area contributed by atoms with E-state index in [-0.39, 0.29) is 11.8 Å². The maximum Gasteiger partial charge on any atom is 0.322 e. The van der Waals surface area contributed by atoms with Crippen LogP contribution in [-0.2, 0) is 19.5 Å². The number of hydrogen-bond donors (Lipinski definition) is 1. The first kappa shape index (κ1) is 20.4. The zero-order chi connectivity index (χ0) is 20.6. The third-order valence-electron chi connectivity index (χ3n) is 4.74.